The number of carbonyl (C=O) groups excluding carboxylic acids is 1. The Morgan fingerprint density at radius 1 is 1.03 bits per heavy atom. The third-order valence-electron chi connectivity index (χ3n) is 5.60. The van der Waals surface area contributed by atoms with Gasteiger partial charge >= 0.3 is 0 Å². The summed E-state index contributed by atoms with van der Waals surface area (Å²) >= 11 is 0. The molecule has 2 aromatic carbocycles. The number of nitrogens with zero attached hydrogens (tertiary/aromatic N) is 3. The molecule has 4 rings (SSSR count). The van der Waals surface area contributed by atoms with E-state index >= 15 is 0 Å². The molecule has 0 unspecified atom stereocenters. The normalized spacial score (nSPS) is 12.0. The van der Waals surface area contributed by atoms with Gasteiger partial charge in [-0.25, -0.2) is 9.97 Å². The van der Waals surface area contributed by atoms with Crippen LogP contribution in [0.4, 0.5) is 0 Å². The van der Waals surface area contributed by atoms with Crippen LogP contribution in [-0.2, 0) is 11.3 Å². The first kappa shape index (κ1) is 22.4. The van der Waals surface area contributed by atoms with Crippen LogP contribution in [0, 0.1) is 6.92 Å². The van der Waals surface area contributed by atoms with Gasteiger partial charge in [-0.15, -0.1) is 0 Å². The zero-order chi connectivity index (χ0) is 23.4. The van der Waals surface area contributed by atoms with Crippen LogP contribution < -0.4 is 5.32 Å². The smallest absolute Gasteiger partial charge is 0.227 e. The Labute approximate surface area is 194 Å². The number of amides is 1. The van der Waals surface area contributed by atoms with Gasteiger partial charge in [-0.3, -0.25) is 4.79 Å². The molecule has 168 valence electrons. The fraction of sp³-hybridized carbons (Fsp3) is 0.259. The summed E-state index contributed by atoms with van der Waals surface area (Å²) in [6, 6.07) is 19.7. The Hall–Kier alpha value is -3.80. The van der Waals surface area contributed by atoms with Crippen LogP contribution in [0.5, 0.6) is 0 Å². The van der Waals surface area contributed by atoms with Gasteiger partial charge in [0.15, 0.2) is 5.76 Å². The highest BCUT2D eigenvalue weighted by atomic mass is 16.5. The molecule has 1 N–H and O–H groups in total. The van der Waals surface area contributed by atoms with Crippen LogP contribution in [0.25, 0.3) is 22.6 Å². The predicted molar refractivity (Wildman–Crippen MR) is 128 cm³/mol. The van der Waals surface area contributed by atoms with Crippen LogP contribution in [0.15, 0.2) is 71.4 Å². The Balaban J connectivity index is 1.53. The molecule has 33 heavy (non-hydrogen) atoms. The van der Waals surface area contributed by atoms with Crippen molar-refractivity contribution in [3.05, 3.63) is 89.5 Å². The molecule has 2 aromatic heterocycles. The van der Waals surface area contributed by atoms with Gasteiger partial charge < -0.3 is 9.84 Å². The number of hydrogen-bond acceptors (Lipinski definition) is 5. The summed E-state index contributed by atoms with van der Waals surface area (Å²) in [7, 11) is 0. The summed E-state index contributed by atoms with van der Waals surface area (Å²) < 4.78 is 5.48. The zero-order valence-electron chi connectivity index (χ0n) is 19.4. The third kappa shape index (κ3) is 5.17. The second-order valence-corrected chi connectivity index (χ2v) is 8.52. The molecule has 0 radical (unpaired) electrons. The molecule has 0 fully saturated rings. The van der Waals surface area contributed by atoms with Crippen LogP contribution in [-0.4, -0.2) is 21.0 Å². The van der Waals surface area contributed by atoms with Gasteiger partial charge in [-0.1, -0.05) is 73.6 Å². The number of benzene rings is 2. The van der Waals surface area contributed by atoms with Crippen molar-refractivity contribution in [3.63, 3.8) is 0 Å². The van der Waals surface area contributed by atoms with Gasteiger partial charge in [0, 0.05) is 30.3 Å². The second kappa shape index (κ2) is 9.77. The van der Waals surface area contributed by atoms with E-state index in [-0.39, 0.29) is 17.7 Å². The van der Waals surface area contributed by atoms with Crippen LogP contribution in [0.2, 0.25) is 0 Å². The number of hydrogen-bond donors (Lipinski definition) is 1. The Bertz CT molecular complexity index is 1230. The summed E-state index contributed by atoms with van der Waals surface area (Å²) in [5, 5.41) is 7.04. The Morgan fingerprint density at radius 2 is 1.76 bits per heavy atom. The highest BCUT2D eigenvalue weighted by Crippen LogP contribution is 2.31. The first-order valence-corrected chi connectivity index (χ1v) is 11.1. The molecule has 0 bridgehead atoms. The van der Waals surface area contributed by atoms with Gasteiger partial charge in [-0.05, 0) is 25.0 Å². The molecule has 1 amide bonds. The minimum absolute atomic E-state index is 0.00521. The maximum Gasteiger partial charge on any atom is 0.227 e. The Kier molecular flexibility index (Phi) is 6.63. The minimum atomic E-state index is -0.200. The van der Waals surface area contributed by atoms with Gasteiger partial charge in [0.2, 0.25) is 5.91 Å². The number of nitrogens with one attached hydrogen (secondary N) is 1. The van der Waals surface area contributed by atoms with Crippen molar-refractivity contribution in [1.82, 2.24) is 20.4 Å². The lowest BCUT2D eigenvalue weighted by atomic mass is 10.00. The molecule has 0 saturated carbocycles. The molecule has 0 spiro atoms. The van der Waals surface area contributed by atoms with E-state index in [0.29, 0.717) is 12.3 Å². The Morgan fingerprint density at radius 3 is 2.39 bits per heavy atom. The van der Waals surface area contributed by atoms with Crippen molar-refractivity contribution in [3.8, 4) is 22.6 Å². The van der Waals surface area contributed by atoms with Crippen molar-refractivity contribution in [2.45, 2.75) is 46.1 Å². The fourth-order valence-corrected chi connectivity index (χ4v) is 3.58. The molecular formula is C27H28N4O2. The number of rotatable bonds is 7. The van der Waals surface area contributed by atoms with E-state index in [1.165, 1.54) is 0 Å². The van der Waals surface area contributed by atoms with Crippen LogP contribution in [0.3, 0.4) is 0 Å². The molecule has 0 aliphatic rings. The largest absolute Gasteiger partial charge is 0.356 e. The zero-order valence-corrected chi connectivity index (χ0v) is 19.4. The molecular weight excluding hydrogens is 412 g/mol. The predicted octanol–water partition coefficient (Wildman–Crippen LogP) is 5.65. The fourth-order valence-electron chi connectivity index (χ4n) is 3.58. The highest BCUT2D eigenvalue weighted by molar-refractivity contribution is 5.83. The first-order valence-electron chi connectivity index (χ1n) is 11.1. The van der Waals surface area contributed by atoms with E-state index in [1.54, 1.807) is 6.20 Å². The van der Waals surface area contributed by atoms with E-state index in [9.17, 15) is 4.79 Å². The van der Waals surface area contributed by atoms with Crippen molar-refractivity contribution in [1.29, 1.82) is 0 Å². The molecule has 1 atom stereocenters. The standard InChI is InChI=1S/C27H28N4O2/c1-17(2)26-28-16-23(24-14-18(3)31-33-24)25(30-26)22-12-10-20(11-13-22)15-29-27(32)19(4)21-8-6-5-7-9-21/h5-14,16-17,19H,15H2,1-4H3,(H,29,32)/t19-/m0/s1. The molecule has 0 aliphatic carbocycles. The summed E-state index contributed by atoms with van der Waals surface area (Å²) in [5.41, 5.74) is 5.39. The number of aryl methyl sites for hydroxylation is 1. The molecule has 4 aromatic rings. The molecule has 6 nitrogen and oxygen atoms in total. The first-order chi connectivity index (χ1) is 15.9. The highest BCUT2D eigenvalue weighted by Gasteiger charge is 2.17. The third-order valence-corrected chi connectivity index (χ3v) is 5.60. The average molecular weight is 441 g/mol. The van der Waals surface area contributed by atoms with E-state index in [1.807, 2.05) is 74.5 Å². The van der Waals surface area contributed by atoms with Crippen LogP contribution in [0.1, 0.15) is 55.3 Å². The minimum Gasteiger partial charge on any atom is -0.356 e. The maximum atomic E-state index is 12.6. The summed E-state index contributed by atoms with van der Waals surface area (Å²) in [4.78, 5) is 21.9. The van der Waals surface area contributed by atoms with E-state index in [2.05, 4.69) is 29.3 Å². The SMILES string of the molecule is Cc1cc(-c2cnc(C(C)C)nc2-c2ccc(CNC(=O)[C@@H](C)c3ccccc3)cc2)on1. The lowest BCUT2D eigenvalue weighted by Gasteiger charge is -2.13. The van der Waals surface area contributed by atoms with E-state index in [0.717, 1.165) is 39.5 Å². The monoisotopic (exact) mass is 440 g/mol. The number of aromatic nitrogens is 3. The van der Waals surface area contributed by atoms with Crippen molar-refractivity contribution < 1.29 is 9.32 Å². The van der Waals surface area contributed by atoms with E-state index in [4.69, 9.17) is 9.51 Å². The molecule has 0 saturated heterocycles. The lowest BCUT2D eigenvalue weighted by Crippen LogP contribution is -2.27. The lowest BCUT2D eigenvalue weighted by molar-refractivity contribution is -0.122. The number of carbonyl (C=O) groups is 1. The summed E-state index contributed by atoms with van der Waals surface area (Å²) in [5.74, 6) is 1.43. The van der Waals surface area contributed by atoms with Crippen molar-refractivity contribution >= 4 is 5.91 Å². The molecule has 2 heterocycles. The average Bonchev–Trinajstić information content (AvgIpc) is 3.28. The van der Waals surface area contributed by atoms with E-state index < -0.39 is 0 Å². The van der Waals surface area contributed by atoms with Crippen LogP contribution >= 0.6 is 0 Å². The summed E-state index contributed by atoms with van der Waals surface area (Å²) in [6.07, 6.45) is 1.80. The van der Waals surface area contributed by atoms with Gasteiger partial charge in [0.05, 0.1) is 22.9 Å². The van der Waals surface area contributed by atoms with Crippen molar-refractivity contribution in [2.75, 3.05) is 0 Å². The molecule has 6 heteroatoms. The summed E-state index contributed by atoms with van der Waals surface area (Å²) in [6.45, 7) is 8.41. The van der Waals surface area contributed by atoms with Crippen molar-refractivity contribution in [2.24, 2.45) is 0 Å². The second-order valence-electron chi connectivity index (χ2n) is 8.52. The maximum absolute atomic E-state index is 12.6. The quantitative estimate of drug-likeness (QED) is 0.402. The van der Waals surface area contributed by atoms with Gasteiger partial charge in [0.25, 0.3) is 0 Å². The molecule has 0 aliphatic heterocycles. The van der Waals surface area contributed by atoms with Gasteiger partial charge in [-0.2, -0.15) is 0 Å². The van der Waals surface area contributed by atoms with Gasteiger partial charge in [0.1, 0.15) is 5.82 Å². The topological polar surface area (TPSA) is 80.9 Å².